The predicted molar refractivity (Wildman–Crippen MR) is 72.7 cm³/mol. The summed E-state index contributed by atoms with van der Waals surface area (Å²) in [6, 6.07) is 7.97. The molecule has 0 radical (unpaired) electrons. The number of aryl methyl sites for hydroxylation is 1. The molecule has 0 amide bonds. The van der Waals surface area contributed by atoms with Gasteiger partial charge in [-0.2, -0.15) is 11.8 Å². The molecule has 17 heavy (non-hydrogen) atoms. The molecule has 1 N–H and O–H groups in total. The highest BCUT2D eigenvalue weighted by Gasteiger charge is 2.22. The Balaban J connectivity index is 1.78. The summed E-state index contributed by atoms with van der Waals surface area (Å²) in [5, 5.41) is 10.1. The molecule has 0 aromatic heterocycles. The Morgan fingerprint density at radius 1 is 1.29 bits per heavy atom. The van der Waals surface area contributed by atoms with Crippen LogP contribution in [0.2, 0.25) is 0 Å². The normalized spacial score (nSPS) is 18.9. The summed E-state index contributed by atoms with van der Waals surface area (Å²) < 4.78 is 5.62. The number of aliphatic hydroxyl groups excluding tert-OH is 1. The largest absolute Gasteiger partial charge is 0.491 e. The Morgan fingerprint density at radius 2 is 1.94 bits per heavy atom. The Kier molecular flexibility index (Phi) is 4.75. The number of hydrogen-bond donors (Lipinski definition) is 1. The van der Waals surface area contributed by atoms with Crippen molar-refractivity contribution in [1.82, 2.24) is 0 Å². The summed E-state index contributed by atoms with van der Waals surface area (Å²) in [6.45, 7) is 2.47. The van der Waals surface area contributed by atoms with Gasteiger partial charge in [0.2, 0.25) is 0 Å². The lowest BCUT2D eigenvalue weighted by Crippen LogP contribution is -2.30. The number of aliphatic hydroxyl groups is 1. The van der Waals surface area contributed by atoms with Gasteiger partial charge in [0, 0.05) is 0 Å². The molecule has 2 nitrogen and oxygen atoms in total. The van der Waals surface area contributed by atoms with Gasteiger partial charge >= 0.3 is 0 Å². The SMILES string of the molecule is Cc1ccc(OCC(O)C2CCSCC2)cc1. The lowest BCUT2D eigenvalue weighted by Gasteiger charge is -2.26. The van der Waals surface area contributed by atoms with Crippen molar-refractivity contribution >= 4 is 11.8 Å². The van der Waals surface area contributed by atoms with E-state index in [0.29, 0.717) is 12.5 Å². The van der Waals surface area contributed by atoms with Crippen molar-refractivity contribution in [2.45, 2.75) is 25.9 Å². The molecule has 1 aromatic rings. The second-order valence-electron chi connectivity index (χ2n) is 4.64. The van der Waals surface area contributed by atoms with Crippen LogP contribution in [0.5, 0.6) is 5.75 Å². The van der Waals surface area contributed by atoms with E-state index in [1.807, 2.05) is 36.0 Å². The molecule has 1 heterocycles. The van der Waals surface area contributed by atoms with Crippen molar-refractivity contribution in [3.8, 4) is 5.75 Å². The highest BCUT2D eigenvalue weighted by molar-refractivity contribution is 7.99. The smallest absolute Gasteiger partial charge is 0.119 e. The number of benzene rings is 1. The van der Waals surface area contributed by atoms with Crippen LogP contribution >= 0.6 is 11.8 Å². The molecule has 1 aliphatic heterocycles. The highest BCUT2D eigenvalue weighted by atomic mass is 32.2. The molecule has 1 aliphatic rings. The number of ether oxygens (including phenoxy) is 1. The van der Waals surface area contributed by atoms with Gasteiger partial charge < -0.3 is 9.84 Å². The fourth-order valence-electron chi connectivity index (χ4n) is 2.05. The van der Waals surface area contributed by atoms with E-state index in [0.717, 1.165) is 18.6 Å². The summed E-state index contributed by atoms with van der Waals surface area (Å²) in [5.74, 6) is 3.61. The Bertz CT molecular complexity index is 331. The van der Waals surface area contributed by atoms with Crippen LogP contribution in [0.15, 0.2) is 24.3 Å². The van der Waals surface area contributed by atoms with Gasteiger partial charge in [-0.25, -0.2) is 0 Å². The van der Waals surface area contributed by atoms with Crippen LogP contribution in [-0.4, -0.2) is 29.3 Å². The molecule has 1 saturated heterocycles. The minimum atomic E-state index is -0.322. The molecule has 0 saturated carbocycles. The zero-order chi connectivity index (χ0) is 12.1. The quantitative estimate of drug-likeness (QED) is 0.893. The van der Waals surface area contributed by atoms with Crippen molar-refractivity contribution in [2.75, 3.05) is 18.1 Å². The van der Waals surface area contributed by atoms with Gasteiger partial charge in [-0.1, -0.05) is 17.7 Å². The average molecular weight is 252 g/mol. The third-order valence-corrected chi connectivity index (χ3v) is 4.30. The Morgan fingerprint density at radius 3 is 2.59 bits per heavy atom. The van der Waals surface area contributed by atoms with E-state index in [1.54, 1.807) is 0 Å². The fraction of sp³-hybridized carbons (Fsp3) is 0.571. The van der Waals surface area contributed by atoms with Crippen LogP contribution in [0, 0.1) is 12.8 Å². The van der Waals surface area contributed by atoms with Crippen molar-refractivity contribution in [3.05, 3.63) is 29.8 Å². The third-order valence-electron chi connectivity index (χ3n) is 3.25. The lowest BCUT2D eigenvalue weighted by molar-refractivity contribution is 0.0535. The van der Waals surface area contributed by atoms with Crippen molar-refractivity contribution in [3.63, 3.8) is 0 Å². The van der Waals surface area contributed by atoms with Crippen LogP contribution in [0.1, 0.15) is 18.4 Å². The molecule has 3 heteroatoms. The van der Waals surface area contributed by atoms with Gasteiger partial charge in [0.05, 0.1) is 6.10 Å². The maximum atomic E-state index is 10.1. The molecular formula is C14H20O2S. The molecule has 1 unspecified atom stereocenters. The van der Waals surface area contributed by atoms with Gasteiger partial charge in [0.25, 0.3) is 0 Å². The first-order valence-electron chi connectivity index (χ1n) is 6.21. The first kappa shape index (κ1) is 12.8. The molecule has 0 bridgehead atoms. The Hall–Kier alpha value is -0.670. The minimum absolute atomic E-state index is 0.322. The lowest BCUT2D eigenvalue weighted by atomic mass is 9.96. The topological polar surface area (TPSA) is 29.5 Å². The summed E-state index contributed by atoms with van der Waals surface area (Å²) in [6.07, 6.45) is 1.91. The minimum Gasteiger partial charge on any atom is -0.491 e. The predicted octanol–water partition coefficient (Wildman–Crippen LogP) is 2.88. The molecule has 1 fully saturated rings. The standard InChI is InChI=1S/C14H20O2S/c1-11-2-4-13(5-3-11)16-10-14(15)12-6-8-17-9-7-12/h2-5,12,14-15H,6-10H2,1H3. The molecule has 1 atom stereocenters. The van der Waals surface area contributed by atoms with Crippen molar-refractivity contribution in [1.29, 1.82) is 0 Å². The van der Waals surface area contributed by atoms with Gasteiger partial charge in [-0.3, -0.25) is 0 Å². The summed E-state index contributed by atoms with van der Waals surface area (Å²) in [4.78, 5) is 0. The highest BCUT2D eigenvalue weighted by Crippen LogP contribution is 2.25. The van der Waals surface area contributed by atoms with E-state index in [9.17, 15) is 5.11 Å². The van der Waals surface area contributed by atoms with E-state index in [4.69, 9.17) is 4.74 Å². The van der Waals surface area contributed by atoms with Crippen molar-refractivity contribution < 1.29 is 9.84 Å². The first-order valence-corrected chi connectivity index (χ1v) is 7.36. The van der Waals surface area contributed by atoms with E-state index in [2.05, 4.69) is 6.92 Å². The summed E-state index contributed by atoms with van der Waals surface area (Å²) in [5.41, 5.74) is 1.22. The van der Waals surface area contributed by atoms with E-state index in [1.165, 1.54) is 17.1 Å². The van der Waals surface area contributed by atoms with E-state index in [-0.39, 0.29) is 6.10 Å². The summed E-state index contributed by atoms with van der Waals surface area (Å²) >= 11 is 1.98. The second kappa shape index (κ2) is 6.31. The second-order valence-corrected chi connectivity index (χ2v) is 5.87. The molecule has 0 aliphatic carbocycles. The molecule has 0 spiro atoms. The zero-order valence-electron chi connectivity index (χ0n) is 10.3. The fourth-order valence-corrected chi connectivity index (χ4v) is 3.20. The van der Waals surface area contributed by atoms with Gasteiger partial charge in [-0.15, -0.1) is 0 Å². The van der Waals surface area contributed by atoms with Gasteiger partial charge in [0.1, 0.15) is 12.4 Å². The van der Waals surface area contributed by atoms with Crippen LogP contribution < -0.4 is 4.74 Å². The average Bonchev–Trinajstić information content (AvgIpc) is 2.39. The van der Waals surface area contributed by atoms with E-state index >= 15 is 0 Å². The maximum Gasteiger partial charge on any atom is 0.119 e. The molecular weight excluding hydrogens is 232 g/mol. The van der Waals surface area contributed by atoms with Crippen LogP contribution in [-0.2, 0) is 0 Å². The van der Waals surface area contributed by atoms with Crippen LogP contribution in [0.4, 0.5) is 0 Å². The van der Waals surface area contributed by atoms with Crippen LogP contribution in [0.3, 0.4) is 0 Å². The van der Waals surface area contributed by atoms with Gasteiger partial charge in [0.15, 0.2) is 0 Å². The summed E-state index contributed by atoms with van der Waals surface area (Å²) in [7, 11) is 0. The number of hydrogen-bond acceptors (Lipinski definition) is 3. The monoisotopic (exact) mass is 252 g/mol. The molecule has 94 valence electrons. The first-order chi connectivity index (χ1) is 8.25. The van der Waals surface area contributed by atoms with Crippen molar-refractivity contribution in [2.24, 2.45) is 5.92 Å². The maximum absolute atomic E-state index is 10.1. The molecule has 2 rings (SSSR count). The zero-order valence-corrected chi connectivity index (χ0v) is 11.1. The molecule has 1 aromatic carbocycles. The Labute approximate surface area is 107 Å². The number of thioether (sulfide) groups is 1. The van der Waals surface area contributed by atoms with E-state index < -0.39 is 0 Å². The number of rotatable bonds is 4. The van der Waals surface area contributed by atoms with Gasteiger partial charge in [-0.05, 0) is 49.3 Å². The van der Waals surface area contributed by atoms with Crippen LogP contribution in [0.25, 0.3) is 0 Å². The third kappa shape index (κ3) is 3.93.